The van der Waals surface area contributed by atoms with Gasteiger partial charge in [-0.3, -0.25) is 5.32 Å². The molecule has 3 rings (SSSR count). The van der Waals surface area contributed by atoms with E-state index in [2.05, 4.69) is 16.7 Å². The SMILES string of the molecule is CC(C)(C)OC(=O)NC1CNCC(C)(c2cccc(-c3cccc(N)c3)c2)O1. The zero-order chi connectivity index (χ0) is 20.4. The summed E-state index contributed by atoms with van der Waals surface area (Å²) in [6, 6.07) is 16.0. The largest absolute Gasteiger partial charge is 0.444 e. The van der Waals surface area contributed by atoms with E-state index in [0.717, 1.165) is 22.4 Å². The van der Waals surface area contributed by atoms with Crippen LogP contribution in [0.4, 0.5) is 10.5 Å². The van der Waals surface area contributed by atoms with Crippen molar-refractivity contribution in [1.82, 2.24) is 10.6 Å². The van der Waals surface area contributed by atoms with Gasteiger partial charge in [-0.15, -0.1) is 0 Å². The number of ether oxygens (including phenoxy) is 2. The van der Waals surface area contributed by atoms with Crippen molar-refractivity contribution >= 4 is 11.8 Å². The summed E-state index contributed by atoms with van der Waals surface area (Å²) in [6.07, 6.45) is -0.971. The summed E-state index contributed by atoms with van der Waals surface area (Å²) in [5.41, 5.74) is 8.65. The van der Waals surface area contributed by atoms with E-state index in [1.807, 2.05) is 70.2 Å². The van der Waals surface area contributed by atoms with Gasteiger partial charge in [0, 0.05) is 18.8 Å². The zero-order valence-electron chi connectivity index (χ0n) is 16.9. The summed E-state index contributed by atoms with van der Waals surface area (Å²) in [4.78, 5) is 12.1. The Morgan fingerprint density at radius 3 is 2.57 bits per heavy atom. The average Bonchev–Trinajstić information content (AvgIpc) is 2.60. The molecule has 0 spiro atoms. The maximum Gasteiger partial charge on any atom is 0.409 e. The van der Waals surface area contributed by atoms with E-state index < -0.39 is 23.5 Å². The molecule has 150 valence electrons. The van der Waals surface area contributed by atoms with Crippen LogP contribution in [0.1, 0.15) is 33.3 Å². The first-order chi connectivity index (χ1) is 13.1. The Balaban J connectivity index is 1.77. The highest BCUT2D eigenvalue weighted by Gasteiger charge is 2.36. The molecule has 1 heterocycles. The fraction of sp³-hybridized carbons (Fsp3) is 0.409. The molecule has 4 N–H and O–H groups in total. The molecule has 6 heteroatoms. The Kier molecular flexibility index (Phi) is 5.63. The molecule has 0 radical (unpaired) electrons. The summed E-state index contributed by atoms with van der Waals surface area (Å²) >= 11 is 0. The zero-order valence-corrected chi connectivity index (χ0v) is 16.9. The normalized spacial score (nSPS) is 22.5. The van der Waals surface area contributed by atoms with E-state index in [9.17, 15) is 4.79 Å². The van der Waals surface area contributed by atoms with Crippen LogP contribution in [0, 0.1) is 0 Å². The quantitative estimate of drug-likeness (QED) is 0.705. The van der Waals surface area contributed by atoms with Crippen LogP contribution >= 0.6 is 0 Å². The van der Waals surface area contributed by atoms with Crippen LogP contribution in [-0.4, -0.2) is 31.0 Å². The van der Waals surface area contributed by atoms with Crippen LogP contribution < -0.4 is 16.4 Å². The number of rotatable bonds is 3. The van der Waals surface area contributed by atoms with Crippen molar-refractivity contribution in [1.29, 1.82) is 0 Å². The van der Waals surface area contributed by atoms with Crippen LogP contribution in [0.15, 0.2) is 48.5 Å². The summed E-state index contributed by atoms with van der Waals surface area (Å²) in [5, 5.41) is 6.14. The molecule has 28 heavy (non-hydrogen) atoms. The van der Waals surface area contributed by atoms with Crippen molar-refractivity contribution in [3.8, 4) is 11.1 Å². The van der Waals surface area contributed by atoms with Gasteiger partial charge >= 0.3 is 6.09 Å². The number of carbonyl (C=O) groups excluding carboxylic acids is 1. The number of alkyl carbamates (subject to hydrolysis) is 1. The van der Waals surface area contributed by atoms with Gasteiger partial charge in [-0.1, -0.05) is 30.3 Å². The first-order valence-corrected chi connectivity index (χ1v) is 9.49. The summed E-state index contributed by atoms with van der Waals surface area (Å²) in [5.74, 6) is 0. The Bertz CT molecular complexity index is 847. The van der Waals surface area contributed by atoms with Crippen LogP contribution in [0.3, 0.4) is 0 Å². The number of anilines is 1. The highest BCUT2D eigenvalue weighted by Crippen LogP contribution is 2.32. The van der Waals surface area contributed by atoms with Crippen molar-refractivity contribution in [2.24, 2.45) is 0 Å². The number of amides is 1. The average molecular weight is 383 g/mol. The molecular weight excluding hydrogens is 354 g/mol. The highest BCUT2D eigenvalue weighted by atomic mass is 16.6. The Morgan fingerprint density at radius 1 is 1.21 bits per heavy atom. The number of morpholine rings is 1. The minimum absolute atomic E-state index is 0.482. The first kappa shape index (κ1) is 20.2. The number of nitrogens with one attached hydrogen (secondary N) is 2. The predicted molar refractivity (Wildman–Crippen MR) is 111 cm³/mol. The van der Waals surface area contributed by atoms with Gasteiger partial charge in [-0.2, -0.15) is 0 Å². The Labute approximate surface area is 166 Å². The van der Waals surface area contributed by atoms with E-state index in [0.29, 0.717) is 13.1 Å². The number of hydrogen-bond acceptors (Lipinski definition) is 5. The van der Waals surface area contributed by atoms with Crippen LogP contribution in [0.25, 0.3) is 11.1 Å². The lowest BCUT2D eigenvalue weighted by Gasteiger charge is -2.40. The van der Waals surface area contributed by atoms with Gasteiger partial charge in [-0.25, -0.2) is 4.79 Å². The van der Waals surface area contributed by atoms with Crippen LogP contribution in [0.5, 0.6) is 0 Å². The van der Waals surface area contributed by atoms with Gasteiger partial charge < -0.3 is 20.5 Å². The molecule has 2 aromatic rings. The van der Waals surface area contributed by atoms with Crippen LogP contribution in [0.2, 0.25) is 0 Å². The second-order valence-electron chi connectivity index (χ2n) is 8.32. The molecule has 0 saturated carbocycles. The third-order valence-corrected chi connectivity index (χ3v) is 4.57. The molecule has 6 nitrogen and oxygen atoms in total. The minimum Gasteiger partial charge on any atom is -0.444 e. The molecule has 1 aliphatic heterocycles. The summed E-state index contributed by atoms with van der Waals surface area (Å²) in [7, 11) is 0. The first-order valence-electron chi connectivity index (χ1n) is 9.49. The predicted octanol–water partition coefficient (Wildman–Crippen LogP) is 3.62. The maximum atomic E-state index is 12.1. The molecular formula is C22H29N3O3. The molecule has 2 atom stereocenters. The maximum absolute atomic E-state index is 12.1. The molecule has 0 aromatic heterocycles. The number of nitrogens with two attached hydrogens (primary N) is 1. The lowest BCUT2D eigenvalue weighted by Crippen LogP contribution is -2.56. The Hall–Kier alpha value is -2.57. The van der Waals surface area contributed by atoms with Crippen molar-refractivity contribution in [2.45, 2.75) is 45.1 Å². The van der Waals surface area contributed by atoms with E-state index in [4.69, 9.17) is 15.2 Å². The fourth-order valence-corrected chi connectivity index (χ4v) is 3.27. The second-order valence-corrected chi connectivity index (χ2v) is 8.32. The van der Waals surface area contributed by atoms with Crippen molar-refractivity contribution in [3.63, 3.8) is 0 Å². The van der Waals surface area contributed by atoms with Gasteiger partial charge in [0.05, 0.1) is 0 Å². The third kappa shape index (κ3) is 5.03. The molecule has 2 aromatic carbocycles. The van der Waals surface area contributed by atoms with Gasteiger partial charge in [0.25, 0.3) is 0 Å². The molecule has 2 unspecified atom stereocenters. The lowest BCUT2D eigenvalue weighted by molar-refractivity contribution is -0.122. The molecule has 0 bridgehead atoms. The topological polar surface area (TPSA) is 85.6 Å². The van der Waals surface area contributed by atoms with Gasteiger partial charge in [0.2, 0.25) is 0 Å². The molecule has 1 saturated heterocycles. The van der Waals surface area contributed by atoms with Gasteiger partial charge in [-0.05, 0) is 62.6 Å². The molecule has 1 amide bonds. The summed E-state index contributed by atoms with van der Waals surface area (Å²) in [6.45, 7) is 8.67. The number of benzene rings is 2. The van der Waals surface area contributed by atoms with Crippen molar-refractivity contribution < 1.29 is 14.3 Å². The molecule has 0 aliphatic carbocycles. The smallest absolute Gasteiger partial charge is 0.409 e. The van der Waals surface area contributed by atoms with Crippen molar-refractivity contribution in [3.05, 3.63) is 54.1 Å². The molecule has 1 fully saturated rings. The van der Waals surface area contributed by atoms with E-state index in [1.54, 1.807) is 0 Å². The van der Waals surface area contributed by atoms with Crippen molar-refractivity contribution in [2.75, 3.05) is 18.8 Å². The minimum atomic E-state index is -0.589. The second kappa shape index (κ2) is 7.81. The van der Waals surface area contributed by atoms with E-state index >= 15 is 0 Å². The summed E-state index contributed by atoms with van der Waals surface area (Å²) < 4.78 is 11.6. The molecule has 1 aliphatic rings. The number of hydrogen-bond donors (Lipinski definition) is 3. The fourth-order valence-electron chi connectivity index (χ4n) is 3.27. The number of carbonyl (C=O) groups is 1. The standard InChI is InChI=1S/C22H29N3O3/c1-21(2,3)28-20(26)25-19-13-24-14-22(4,27-19)17-9-5-7-15(11-17)16-8-6-10-18(23)12-16/h5-12,19,24H,13-14,23H2,1-4H3,(H,25,26). The van der Waals surface area contributed by atoms with E-state index in [1.165, 1.54) is 0 Å². The van der Waals surface area contributed by atoms with E-state index in [-0.39, 0.29) is 0 Å². The monoisotopic (exact) mass is 383 g/mol. The van der Waals surface area contributed by atoms with Crippen LogP contribution in [-0.2, 0) is 15.1 Å². The lowest BCUT2D eigenvalue weighted by atomic mass is 9.91. The van der Waals surface area contributed by atoms with Gasteiger partial charge in [0.1, 0.15) is 17.4 Å². The van der Waals surface area contributed by atoms with Gasteiger partial charge in [0.15, 0.2) is 0 Å². The highest BCUT2D eigenvalue weighted by molar-refractivity contribution is 5.68. The third-order valence-electron chi connectivity index (χ3n) is 4.57. The number of nitrogen functional groups attached to an aromatic ring is 1. The Morgan fingerprint density at radius 2 is 1.89 bits per heavy atom.